The Morgan fingerprint density at radius 1 is 1.26 bits per heavy atom. The van der Waals surface area contributed by atoms with E-state index in [-0.39, 0.29) is 5.91 Å². The van der Waals surface area contributed by atoms with Crippen molar-refractivity contribution in [3.8, 4) is 5.75 Å². The lowest BCUT2D eigenvalue weighted by Crippen LogP contribution is -2.34. The third-order valence-electron chi connectivity index (χ3n) is 2.94. The van der Waals surface area contributed by atoms with Crippen LogP contribution in [0.3, 0.4) is 0 Å². The lowest BCUT2D eigenvalue weighted by Gasteiger charge is -2.17. The van der Waals surface area contributed by atoms with E-state index in [1.165, 1.54) is 0 Å². The molecule has 0 aromatic heterocycles. The van der Waals surface area contributed by atoms with Crippen molar-refractivity contribution in [3.63, 3.8) is 0 Å². The van der Waals surface area contributed by atoms with E-state index in [9.17, 15) is 4.79 Å². The summed E-state index contributed by atoms with van der Waals surface area (Å²) in [6.45, 7) is 4.87. The maximum atomic E-state index is 12.0. The van der Waals surface area contributed by atoms with Crippen molar-refractivity contribution in [1.29, 1.82) is 0 Å². The van der Waals surface area contributed by atoms with E-state index < -0.39 is 0 Å². The second-order valence-electron chi connectivity index (χ2n) is 4.50. The Morgan fingerprint density at radius 3 is 2.95 bits per heavy atom. The number of rotatable bonds is 6. The van der Waals surface area contributed by atoms with Gasteiger partial charge in [-0.05, 0) is 25.1 Å². The number of benzene rings is 1. The molecule has 0 atom stereocenters. The van der Waals surface area contributed by atoms with Gasteiger partial charge < -0.3 is 15.4 Å². The maximum Gasteiger partial charge on any atom is 0.250 e. The Bertz CT molecular complexity index is 469. The van der Waals surface area contributed by atoms with E-state index in [1.54, 1.807) is 0 Å². The fraction of sp³-hybridized carbons (Fsp3) is 0.400. The lowest BCUT2D eigenvalue weighted by molar-refractivity contribution is -0.117. The fourth-order valence-corrected chi connectivity index (χ4v) is 1.93. The van der Waals surface area contributed by atoms with E-state index in [4.69, 9.17) is 4.74 Å². The van der Waals surface area contributed by atoms with Crippen LogP contribution in [0.2, 0.25) is 0 Å². The molecule has 2 rings (SSSR count). The molecule has 0 saturated heterocycles. The first-order valence-corrected chi connectivity index (χ1v) is 6.72. The van der Waals surface area contributed by atoms with E-state index in [0.29, 0.717) is 18.7 Å². The van der Waals surface area contributed by atoms with Gasteiger partial charge in [0.25, 0.3) is 5.91 Å². The normalized spacial score (nSPS) is 13.2. The van der Waals surface area contributed by atoms with E-state index >= 15 is 0 Å². The summed E-state index contributed by atoms with van der Waals surface area (Å²) in [5.41, 5.74) is 1.64. The lowest BCUT2D eigenvalue weighted by atomic mass is 10.1. The van der Waals surface area contributed by atoms with Gasteiger partial charge in [-0.2, -0.15) is 0 Å². The number of fused-ring (bicyclic) bond motifs is 1. The molecule has 0 fully saturated rings. The molecular formula is C15H20N2O2. The highest BCUT2D eigenvalue weighted by Gasteiger charge is 2.16. The third-order valence-corrected chi connectivity index (χ3v) is 2.94. The number of nitrogens with one attached hydrogen (secondary N) is 2. The van der Waals surface area contributed by atoms with Crippen molar-refractivity contribution in [3.05, 3.63) is 35.4 Å². The van der Waals surface area contributed by atoms with Crippen LogP contribution in [-0.2, 0) is 4.79 Å². The second kappa shape index (κ2) is 6.95. The first kappa shape index (κ1) is 13.6. The summed E-state index contributed by atoms with van der Waals surface area (Å²) < 4.78 is 5.56. The molecule has 1 aliphatic heterocycles. The molecule has 0 aliphatic carbocycles. The third kappa shape index (κ3) is 3.83. The maximum absolute atomic E-state index is 12.0. The second-order valence-corrected chi connectivity index (χ2v) is 4.50. The van der Waals surface area contributed by atoms with Gasteiger partial charge in [-0.15, -0.1) is 0 Å². The van der Waals surface area contributed by atoms with Gasteiger partial charge in [-0.1, -0.05) is 25.1 Å². The molecule has 1 aromatic carbocycles. The van der Waals surface area contributed by atoms with Crippen LogP contribution in [0.1, 0.15) is 18.9 Å². The summed E-state index contributed by atoms with van der Waals surface area (Å²) >= 11 is 0. The highest BCUT2D eigenvalue weighted by molar-refractivity contribution is 5.99. The minimum absolute atomic E-state index is 0.0483. The van der Waals surface area contributed by atoms with Gasteiger partial charge in [0.2, 0.25) is 0 Å². The average molecular weight is 260 g/mol. The molecular weight excluding hydrogens is 240 g/mol. The molecule has 102 valence electrons. The molecule has 1 amide bonds. The monoisotopic (exact) mass is 260 g/mol. The molecule has 4 nitrogen and oxygen atoms in total. The molecule has 2 N–H and O–H groups in total. The minimum Gasteiger partial charge on any atom is -0.488 e. The molecule has 1 heterocycles. The summed E-state index contributed by atoms with van der Waals surface area (Å²) in [5, 5.41) is 6.14. The zero-order valence-electron chi connectivity index (χ0n) is 11.2. The number of carbonyl (C=O) groups excluding carboxylic acids is 1. The van der Waals surface area contributed by atoms with Crippen LogP contribution in [0.15, 0.2) is 29.8 Å². The smallest absolute Gasteiger partial charge is 0.250 e. The van der Waals surface area contributed by atoms with Gasteiger partial charge in [-0.3, -0.25) is 4.79 Å². The van der Waals surface area contributed by atoms with Crippen LogP contribution in [0.4, 0.5) is 0 Å². The topological polar surface area (TPSA) is 50.4 Å². The molecule has 0 saturated carbocycles. The number of ether oxygens (including phenoxy) is 1. The molecule has 1 aromatic rings. The molecule has 0 bridgehead atoms. The highest BCUT2D eigenvalue weighted by atomic mass is 16.5. The van der Waals surface area contributed by atoms with Gasteiger partial charge in [0, 0.05) is 18.7 Å². The number of hydrogen-bond acceptors (Lipinski definition) is 3. The van der Waals surface area contributed by atoms with Gasteiger partial charge in [0.15, 0.2) is 0 Å². The van der Waals surface area contributed by atoms with Crippen molar-refractivity contribution in [2.45, 2.75) is 13.3 Å². The predicted octanol–water partition coefficient (Wildman–Crippen LogP) is 1.58. The van der Waals surface area contributed by atoms with Crippen molar-refractivity contribution in [2.75, 3.05) is 26.2 Å². The van der Waals surface area contributed by atoms with Crippen LogP contribution < -0.4 is 15.4 Å². The SMILES string of the molecule is CCCNCCNC(=O)C1=Cc2ccccc2OC1. The molecule has 0 radical (unpaired) electrons. The van der Waals surface area contributed by atoms with Crippen LogP contribution >= 0.6 is 0 Å². The Labute approximate surface area is 113 Å². The van der Waals surface area contributed by atoms with Gasteiger partial charge in [0.1, 0.15) is 12.4 Å². The summed E-state index contributed by atoms with van der Waals surface area (Å²) in [5.74, 6) is 0.788. The standard InChI is InChI=1S/C15H20N2O2/c1-2-7-16-8-9-17-15(18)13-10-12-5-3-4-6-14(12)19-11-13/h3-6,10,16H,2,7-9,11H2,1H3,(H,17,18). The number of para-hydroxylation sites is 1. The van der Waals surface area contributed by atoms with Gasteiger partial charge in [-0.25, -0.2) is 0 Å². The average Bonchev–Trinajstić information content (AvgIpc) is 2.46. The molecule has 19 heavy (non-hydrogen) atoms. The quantitative estimate of drug-likeness (QED) is 0.764. The van der Waals surface area contributed by atoms with Crippen LogP contribution in [0.5, 0.6) is 5.75 Å². The fourth-order valence-electron chi connectivity index (χ4n) is 1.93. The first-order chi connectivity index (χ1) is 9.31. The van der Waals surface area contributed by atoms with E-state index in [0.717, 1.165) is 30.8 Å². The Kier molecular flexibility index (Phi) is 4.98. The van der Waals surface area contributed by atoms with Gasteiger partial charge >= 0.3 is 0 Å². The van der Waals surface area contributed by atoms with Crippen LogP contribution in [0, 0.1) is 0 Å². The summed E-state index contributed by atoms with van der Waals surface area (Å²) in [7, 11) is 0. The Morgan fingerprint density at radius 2 is 2.11 bits per heavy atom. The highest BCUT2D eigenvalue weighted by Crippen LogP contribution is 2.25. The Hall–Kier alpha value is -1.81. The summed E-state index contributed by atoms with van der Waals surface area (Å²) in [4.78, 5) is 12.0. The first-order valence-electron chi connectivity index (χ1n) is 6.72. The Balaban J connectivity index is 1.85. The predicted molar refractivity (Wildman–Crippen MR) is 76.1 cm³/mol. The van der Waals surface area contributed by atoms with Crippen molar-refractivity contribution >= 4 is 12.0 Å². The molecule has 4 heteroatoms. The largest absolute Gasteiger partial charge is 0.488 e. The number of carbonyl (C=O) groups is 1. The molecule has 1 aliphatic rings. The summed E-state index contributed by atoms with van der Waals surface area (Å²) in [6, 6.07) is 7.73. The molecule has 0 unspecified atom stereocenters. The van der Waals surface area contributed by atoms with Crippen LogP contribution in [0.25, 0.3) is 6.08 Å². The van der Waals surface area contributed by atoms with Crippen molar-refractivity contribution in [2.24, 2.45) is 0 Å². The van der Waals surface area contributed by atoms with E-state index in [1.807, 2.05) is 30.3 Å². The minimum atomic E-state index is -0.0483. The van der Waals surface area contributed by atoms with Gasteiger partial charge in [0.05, 0.1) is 5.57 Å². The van der Waals surface area contributed by atoms with E-state index in [2.05, 4.69) is 17.6 Å². The number of amides is 1. The molecule has 0 spiro atoms. The van der Waals surface area contributed by atoms with Crippen LogP contribution in [-0.4, -0.2) is 32.1 Å². The number of hydrogen-bond donors (Lipinski definition) is 2. The summed E-state index contributed by atoms with van der Waals surface area (Å²) in [6.07, 6.45) is 3.00. The van der Waals surface area contributed by atoms with Crippen molar-refractivity contribution < 1.29 is 9.53 Å². The van der Waals surface area contributed by atoms with Crippen molar-refractivity contribution in [1.82, 2.24) is 10.6 Å². The zero-order chi connectivity index (χ0) is 13.5. The zero-order valence-corrected chi connectivity index (χ0v) is 11.2.